The second-order valence-corrected chi connectivity index (χ2v) is 7.28. The van der Waals surface area contributed by atoms with E-state index in [1.165, 1.54) is 24.3 Å². The Morgan fingerprint density at radius 2 is 1.93 bits per heavy atom. The van der Waals surface area contributed by atoms with E-state index in [0.29, 0.717) is 29.7 Å². The van der Waals surface area contributed by atoms with Crippen LogP contribution in [0.3, 0.4) is 0 Å². The molecule has 1 fully saturated rings. The molecule has 2 aromatic carbocycles. The van der Waals surface area contributed by atoms with Gasteiger partial charge in [-0.3, -0.25) is 9.59 Å². The van der Waals surface area contributed by atoms with Crippen LogP contribution in [-0.4, -0.2) is 32.5 Å². The van der Waals surface area contributed by atoms with Crippen LogP contribution in [0.4, 0.5) is 4.39 Å². The average Bonchev–Trinajstić information content (AvgIpc) is 3.38. The van der Waals surface area contributed by atoms with Crippen LogP contribution in [0.2, 0.25) is 0 Å². The number of halogens is 1. The number of pyridine rings is 1. The third kappa shape index (κ3) is 3.36. The number of nitrogens with one attached hydrogen (secondary N) is 1. The number of hydrogen-bond donors (Lipinski definition) is 1. The van der Waals surface area contributed by atoms with Crippen LogP contribution in [0.25, 0.3) is 33.7 Å². The molecule has 0 aliphatic carbocycles. The summed E-state index contributed by atoms with van der Waals surface area (Å²) in [5.74, 6) is 0.182. The number of rotatable bonds is 4. The second kappa shape index (κ2) is 7.22. The third-order valence-electron chi connectivity index (χ3n) is 5.22. The number of carbonyl (C=O) groups excluding carboxylic acids is 1. The van der Waals surface area contributed by atoms with Crippen molar-refractivity contribution in [3.8, 4) is 22.8 Å². The van der Waals surface area contributed by atoms with Crippen molar-refractivity contribution in [1.82, 2.24) is 20.0 Å². The predicted octanol–water partition coefficient (Wildman–Crippen LogP) is 3.51. The fourth-order valence-corrected chi connectivity index (χ4v) is 3.64. The molecular formula is C22H17FN4O3. The molecule has 3 heterocycles. The number of benzene rings is 2. The molecule has 1 aliphatic rings. The number of carbonyl (C=O) groups is 1. The Hall–Kier alpha value is -3.81. The van der Waals surface area contributed by atoms with Gasteiger partial charge in [-0.25, -0.2) is 4.39 Å². The maximum atomic E-state index is 13.5. The van der Waals surface area contributed by atoms with Gasteiger partial charge in [0, 0.05) is 36.0 Å². The van der Waals surface area contributed by atoms with Crippen molar-refractivity contribution in [2.24, 2.45) is 0 Å². The lowest BCUT2D eigenvalue weighted by atomic mass is 10.1. The summed E-state index contributed by atoms with van der Waals surface area (Å²) in [7, 11) is 0. The molecule has 5 rings (SSSR count). The first-order valence-corrected chi connectivity index (χ1v) is 9.60. The smallest absolute Gasteiger partial charge is 0.263 e. The van der Waals surface area contributed by atoms with Gasteiger partial charge in [-0.05, 0) is 36.2 Å². The molecule has 0 unspecified atom stereocenters. The Kier molecular flexibility index (Phi) is 4.39. The van der Waals surface area contributed by atoms with Gasteiger partial charge in [-0.1, -0.05) is 29.4 Å². The lowest BCUT2D eigenvalue weighted by Gasteiger charge is -2.15. The number of H-pyrrole nitrogens is 1. The fraction of sp³-hybridized carbons (Fsp3) is 0.182. The Labute approximate surface area is 170 Å². The summed E-state index contributed by atoms with van der Waals surface area (Å²) in [6.45, 7) is 1.37. The van der Waals surface area contributed by atoms with Crippen molar-refractivity contribution in [2.75, 3.05) is 6.54 Å². The van der Waals surface area contributed by atoms with E-state index in [9.17, 15) is 14.0 Å². The van der Waals surface area contributed by atoms with Gasteiger partial charge in [0.1, 0.15) is 11.4 Å². The molecule has 1 amide bonds. The SMILES string of the molecule is O=C1CCCN1Cc1ccc(-c2noc(-c3cc4cc(F)ccc4[nH]c3=O)n2)cc1. The van der Waals surface area contributed by atoms with E-state index in [-0.39, 0.29) is 17.4 Å². The maximum Gasteiger partial charge on any atom is 0.263 e. The zero-order valence-electron chi connectivity index (χ0n) is 15.9. The Balaban J connectivity index is 1.41. The molecule has 0 bridgehead atoms. The summed E-state index contributed by atoms with van der Waals surface area (Å²) in [4.78, 5) is 33.0. The minimum absolute atomic E-state index is 0.0594. The minimum atomic E-state index is -0.401. The third-order valence-corrected chi connectivity index (χ3v) is 5.22. The van der Waals surface area contributed by atoms with Crippen LogP contribution >= 0.6 is 0 Å². The lowest BCUT2D eigenvalue weighted by Crippen LogP contribution is -2.23. The molecule has 0 saturated carbocycles. The second-order valence-electron chi connectivity index (χ2n) is 7.28. The van der Waals surface area contributed by atoms with E-state index in [2.05, 4.69) is 15.1 Å². The van der Waals surface area contributed by atoms with Gasteiger partial charge in [-0.2, -0.15) is 4.98 Å². The maximum absolute atomic E-state index is 13.5. The van der Waals surface area contributed by atoms with Gasteiger partial charge in [0.15, 0.2) is 0 Å². The van der Waals surface area contributed by atoms with Gasteiger partial charge in [0.25, 0.3) is 11.4 Å². The highest BCUT2D eigenvalue weighted by Gasteiger charge is 2.20. The highest BCUT2D eigenvalue weighted by atomic mass is 19.1. The van der Waals surface area contributed by atoms with Gasteiger partial charge >= 0.3 is 0 Å². The van der Waals surface area contributed by atoms with E-state index in [1.54, 1.807) is 0 Å². The van der Waals surface area contributed by atoms with Crippen molar-refractivity contribution in [3.63, 3.8) is 0 Å². The molecule has 150 valence electrons. The van der Waals surface area contributed by atoms with Crippen molar-refractivity contribution < 1.29 is 13.7 Å². The highest BCUT2D eigenvalue weighted by molar-refractivity contribution is 5.82. The topological polar surface area (TPSA) is 92.1 Å². The molecule has 1 saturated heterocycles. The van der Waals surface area contributed by atoms with E-state index < -0.39 is 11.4 Å². The monoisotopic (exact) mass is 404 g/mol. The van der Waals surface area contributed by atoms with Crippen molar-refractivity contribution >= 4 is 16.8 Å². The summed E-state index contributed by atoms with van der Waals surface area (Å²) < 4.78 is 18.8. The van der Waals surface area contributed by atoms with Gasteiger partial charge in [0.05, 0.1) is 0 Å². The number of aromatic nitrogens is 3. The summed E-state index contributed by atoms with van der Waals surface area (Å²) in [5.41, 5.74) is 2.05. The number of amides is 1. The van der Waals surface area contributed by atoms with Crippen LogP contribution in [0.1, 0.15) is 18.4 Å². The lowest BCUT2D eigenvalue weighted by molar-refractivity contribution is -0.128. The normalized spacial score (nSPS) is 14.0. The minimum Gasteiger partial charge on any atom is -0.338 e. The summed E-state index contributed by atoms with van der Waals surface area (Å²) in [6.07, 6.45) is 1.52. The summed E-state index contributed by atoms with van der Waals surface area (Å²) in [5, 5.41) is 4.50. The molecule has 0 radical (unpaired) electrons. The van der Waals surface area contributed by atoms with Crippen molar-refractivity contribution in [2.45, 2.75) is 19.4 Å². The van der Waals surface area contributed by atoms with Crippen molar-refractivity contribution in [1.29, 1.82) is 0 Å². The number of aromatic amines is 1. The molecule has 2 aromatic heterocycles. The zero-order valence-corrected chi connectivity index (χ0v) is 15.9. The molecule has 0 atom stereocenters. The fourth-order valence-electron chi connectivity index (χ4n) is 3.64. The zero-order chi connectivity index (χ0) is 20.7. The standard InChI is InChI=1S/C22H17FN4O3/c23-16-7-8-18-15(10-16)11-17(21(29)24-18)22-25-20(26-30-22)14-5-3-13(4-6-14)12-27-9-1-2-19(27)28/h3-8,10-11H,1-2,9,12H2,(H,24,29). The molecule has 7 nitrogen and oxygen atoms in total. The molecule has 1 N–H and O–H groups in total. The van der Waals surface area contributed by atoms with Crippen LogP contribution in [0.15, 0.2) is 57.8 Å². The quantitative estimate of drug-likeness (QED) is 0.562. The summed E-state index contributed by atoms with van der Waals surface area (Å²) >= 11 is 0. The van der Waals surface area contributed by atoms with Crippen LogP contribution in [-0.2, 0) is 11.3 Å². The summed E-state index contributed by atoms with van der Waals surface area (Å²) in [6, 6.07) is 13.2. The number of hydrogen-bond acceptors (Lipinski definition) is 5. The highest BCUT2D eigenvalue weighted by Crippen LogP contribution is 2.23. The Bertz CT molecular complexity index is 1310. The predicted molar refractivity (Wildman–Crippen MR) is 108 cm³/mol. The van der Waals surface area contributed by atoms with Gasteiger partial charge in [0.2, 0.25) is 11.7 Å². The molecule has 8 heteroatoms. The van der Waals surface area contributed by atoms with Crippen molar-refractivity contribution in [3.05, 3.63) is 70.3 Å². The largest absolute Gasteiger partial charge is 0.338 e. The van der Waals surface area contributed by atoms with Crippen LogP contribution in [0.5, 0.6) is 0 Å². The van der Waals surface area contributed by atoms with E-state index in [0.717, 1.165) is 24.1 Å². The van der Waals surface area contributed by atoms with Gasteiger partial charge in [-0.15, -0.1) is 0 Å². The molecule has 0 spiro atoms. The first kappa shape index (κ1) is 18.2. The number of fused-ring (bicyclic) bond motifs is 1. The van der Waals surface area contributed by atoms with Crippen LogP contribution < -0.4 is 5.56 Å². The Morgan fingerprint density at radius 1 is 1.10 bits per heavy atom. The van der Waals surface area contributed by atoms with E-state index in [1.807, 2.05) is 29.2 Å². The molecular weight excluding hydrogens is 387 g/mol. The van der Waals surface area contributed by atoms with Gasteiger partial charge < -0.3 is 14.4 Å². The van der Waals surface area contributed by atoms with Crippen LogP contribution in [0, 0.1) is 5.82 Å². The Morgan fingerprint density at radius 3 is 2.70 bits per heavy atom. The number of nitrogens with zero attached hydrogens (tertiary/aromatic N) is 3. The molecule has 30 heavy (non-hydrogen) atoms. The molecule has 1 aliphatic heterocycles. The van der Waals surface area contributed by atoms with E-state index >= 15 is 0 Å². The first-order chi connectivity index (χ1) is 14.6. The average molecular weight is 404 g/mol. The number of likely N-dealkylation sites (tertiary alicyclic amines) is 1. The molecule has 4 aromatic rings. The first-order valence-electron chi connectivity index (χ1n) is 9.60. The van der Waals surface area contributed by atoms with E-state index in [4.69, 9.17) is 4.52 Å².